The first-order valence-corrected chi connectivity index (χ1v) is 8.96. The van der Waals surface area contributed by atoms with Crippen LogP contribution in [0.2, 0.25) is 0 Å². The van der Waals surface area contributed by atoms with Gasteiger partial charge in [-0.15, -0.1) is 6.42 Å². The minimum atomic E-state index is -1.06. The van der Waals surface area contributed by atoms with Crippen molar-refractivity contribution in [1.29, 1.82) is 0 Å². The van der Waals surface area contributed by atoms with Gasteiger partial charge >= 0.3 is 12.1 Å². The fourth-order valence-electron chi connectivity index (χ4n) is 3.15. The summed E-state index contributed by atoms with van der Waals surface area (Å²) < 4.78 is 0.814. The maximum atomic E-state index is 12.8. The maximum Gasteiger partial charge on any atom is 0.344 e. The molecule has 5 amide bonds. The number of carbonyl (C=O) groups is 3. The first kappa shape index (κ1) is 18.7. The average Bonchev–Trinajstić information content (AvgIpc) is 3.10. The molecule has 3 rings (SSSR count). The molecule has 7 nitrogen and oxygen atoms in total. The predicted octanol–water partition coefficient (Wildman–Crippen LogP) is 2.11. The van der Waals surface area contributed by atoms with E-state index in [4.69, 9.17) is 6.42 Å². The monoisotopic (exact) mass is 428 g/mol. The predicted molar refractivity (Wildman–Crippen MR) is 103 cm³/mol. The van der Waals surface area contributed by atoms with E-state index >= 15 is 0 Å². The van der Waals surface area contributed by atoms with Crippen LogP contribution in [-0.4, -0.2) is 28.5 Å². The molecule has 1 fully saturated rings. The van der Waals surface area contributed by atoms with Gasteiger partial charge in [-0.3, -0.25) is 10.1 Å². The Balaban J connectivity index is 1.70. The third kappa shape index (κ3) is 3.73. The third-order valence-corrected chi connectivity index (χ3v) is 4.63. The van der Waals surface area contributed by atoms with E-state index in [1.807, 2.05) is 24.3 Å². The van der Waals surface area contributed by atoms with Crippen molar-refractivity contribution in [3.05, 3.63) is 57.7 Å². The summed E-state index contributed by atoms with van der Waals surface area (Å²) in [5, 5.41) is 5.83. The summed E-state index contributed by atoms with van der Waals surface area (Å²) in [6.45, 7) is 1.80. The number of hydrazine groups is 1. The fourth-order valence-corrected chi connectivity index (χ4v) is 3.28. The van der Waals surface area contributed by atoms with Crippen molar-refractivity contribution in [3.8, 4) is 12.3 Å². The number of fused-ring (bicyclic) bond motifs is 1. The zero-order valence-corrected chi connectivity index (χ0v) is 16.1. The summed E-state index contributed by atoms with van der Waals surface area (Å²) in [5.74, 6) is 1.82. The Kier molecular flexibility index (Phi) is 5.06. The van der Waals surface area contributed by atoms with Crippen molar-refractivity contribution < 1.29 is 14.4 Å². The number of terminal acetylenes is 1. The quantitative estimate of drug-likeness (QED) is 0.391. The number of hydrogen-bond acceptors (Lipinski definition) is 3. The van der Waals surface area contributed by atoms with Crippen molar-refractivity contribution in [1.82, 2.24) is 21.1 Å². The van der Waals surface area contributed by atoms with Gasteiger partial charge in [0.1, 0.15) is 5.54 Å². The average molecular weight is 429 g/mol. The van der Waals surface area contributed by atoms with Gasteiger partial charge in [0.2, 0.25) is 0 Å². The van der Waals surface area contributed by atoms with Crippen LogP contribution in [0.4, 0.5) is 9.59 Å². The Morgan fingerprint density at radius 2 is 1.93 bits per heavy atom. The third-order valence-electron chi connectivity index (χ3n) is 4.36. The Hall–Kier alpha value is -3.05. The van der Waals surface area contributed by atoms with Gasteiger partial charge < -0.3 is 5.32 Å². The largest absolute Gasteiger partial charge is 0.344 e. The van der Waals surface area contributed by atoms with Gasteiger partial charge in [0.05, 0.1) is 5.70 Å². The normalized spacial score (nSPS) is 18.2. The molecule has 1 aliphatic heterocycles. The minimum absolute atomic E-state index is 0.182. The number of amides is 5. The number of rotatable bonds is 3. The second kappa shape index (κ2) is 7.29. The van der Waals surface area contributed by atoms with E-state index in [2.05, 4.69) is 37.9 Å². The molecular formula is C19H17BrN4O3. The minimum Gasteiger partial charge on any atom is -0.321 e. The molecule has 1 aromatic rings. The van der Waals surface area contributed by atoms with Crippen LogP contribution in [0.15, 0.2) is 46.6 Å². The molecule has 1 spiro atoms. The van der Waals surface area contributed by atoms with Gasteiger partial charge in [0.25, 0.3) is 5.91 Å². The van der Waals surface area contributed by atoms with Gasteiger partial charge in [-0.25, -0.2) is 15.0 Å². The molecule has 1 saturated heterocycles. The first-order valence-electron chi connectivity index (χ1n) is 8.16. The topological polar surface area (TPSA) is 90.5 Å². The summed E-state index contributed by atoms with van der Waals surface area (Å²) >= 11 is 3.25. The lowest BCUT2D eigenvalue weighted by molar-refractivity contribution is -0.132. The van der Waals surface area contributed by atoms with Crippen molar-refractivity contribution in [3.63, 3.8) is 0 Å². The van der Waals surface area contributed by atoms with Gasteiger partial charge in [0.15, 0.2) is 0 Å². The zero-order valence-electron chi connectivity index (χ0n) is 14.5. The molecule has 1 aliphatic carbocycles. The Morgan fingerprint density at radius 3 is 2.48 bits per heavy atom. The van der Waals surface area contributed by atoms with Crippen LogP contribution in [0.1, 0.15) is 18.1 Å². The van der Waals surface area contributed by atoms with Gasteiger partial charge in [-0.05, 0) is 34.7 Å². The van der Waals surface area contributed by atoms with Crippen LogP contribution in [0.25, 0.3) is 0 Å². The SMILES string of the molecule is C#C/C(=C\C=C(/C)Br)NC(=O)NN1C(=O)NC2(Cc3ccccc3C2)C1=O. The summed E-state index contributed by atoms with van der Waals surface area (Å²) in [6, 6.07) is 6.17. The summed E-state index contributed by atoms with van der Waals surface area (Å²) in [7, 11) is 0. The highest BCUT2D eigenvalue weighted by atomic mass is 79.9. The molecule has 27 heavy (non-hydrogen) atoms. The number of nitrogens with zero attached hydrogens (tertiary/aromatic N) is 1. The number of benzene rings is 1. The lowest BCUT2D eigenvalue weighted by Gasteiger charge is -2.20. The van der Waals surface area contributed by atoms with Crippen molar-refractivity contribution in [2.24, 2.45) is 0 Å². The van der Waals surface area contributed by atoms with Crippen LogP contribution in [0, 0.1) is 12.3 Å². The van der Waals surface area contributed by atoms with Crippen LogP contribution >= 0.6 is 15.9 Å². The van der Waals surface area contributed by atoms with Crippen LogP contribution in [0.5, 0.6) is 0 Å². The Morgan fingerprint density at radius 1 is 1.30 bits per heavy atom. The highest BCUT2D eigenvalue weighted by Crippen LogP contribution is 2.34. The second-order valence-corrected chi connectivity index (χ2v) is 7.57. The number of hydrogen-bond donors (Lipinski definition) is 3. The van der Waals surface area contributed by atoms with Crippen LogP contribution in [-0.2, 0) is 17.6 Å². The van der Waals surface area contributed by atoms with E-state index in [-0.39, 0.29) is 5.70 Å². The number of nitrogens with one attached hydrogen (secondary N) is 3. The highest BCUT2D eigenvalue weighted by Gasteiger charge is 2.54. The van der Waals surface area contributed by atoms with Crippen LogP contribution in [0.3, 0.4) is 0 Å². The number of carbonyl (C=O) groups excluding carboxylic acids is 3. The Bertz CT molecular complexity index is 900. The molecule has 0 atom stereocenters. The molecule has 0 bridgehead atoms. The molecule has 138 valence electrons. The molecule has 0 saturated carbocycles. The lowest BCUT2D eigenvalue weighted by atomic mass is 9.96. The van der Waals surface area contributed by atoms with E-state index in [1.54, 1.807) is 13.0 Å². The van der Waals surface area contributed by atoms with Crippen molar-refractivity contribution in [2.75, 3.05) is 0 Å². The molecule has 0 aromatic heterocycles. The number of urea groups is 2. The maximum absolute atomic E-state index is 12.8. The van der Waals surface area contributed by atoms with Crippen molar-refractivity contribution >= 4 is 33.9 Å². The van der Waals surface area contributed by atoms with E-state index < -0.39 is 23.5 Å². The summed E-state index contributed by atoms with van der Waals surface area (Å²) in [6.07, 6.45) is 9.30. The van der Waals surface area contributed by atoms with Crippen LogP contribution < -0.4 is 16.1 Å². The molecule has 1 heterocycles. The second-order valence-electron chi connectivity index (χ2n) is 6.32. The van der Waals surface area contributed by atoms with Gasteiger partial charge in [0, 0.05) is 12.8 Å². The molecule has 2 aliphatic rings. The lowest BCUT2D eigenvalue weighted by Crippen LogP contribution is -2.52. The molecule has 0 radical (unpaired) electrons. The zero-order chi connectivity index (χ0) is 19.6. The summed E-state index contributed by atoms with van der Waals surface area (Å²) in [4.78, 5) is 37.3. The Labute approximate surface area is 165 Å². The number of halogens is 1. The highest BCUT2D eigenvalue weighted by molar-refractivity contribution is 9.11. The smallest absolute Gasteiger partial charge is 0.321 e. The fraction of sp³-hybridized carbons (Fsp3) is 0.211. The van der Waals surface area contributed by atoms with E-state index in [0.29, 0.717) is 17.9 Å². The van der Waals surface area contributed by atoms with E-state index in [9.17, 15) is 14.4 Å². The standard InChI is InChI=1S/C19H17BrN4O3/c1-3-15(9-8-12(2)20)21-17(26)23-24-16(25)19(22-18(24)27)10-13-6-4-5-7-14(13)11-19/h1,4-9H,10-11H2,2H3,(H,22,27)(H2,21,23,26)/b12-8+,15-9+. The van der Waals surface area contributed by atoms with Crippen molar-refractivity contribution in [2.45, 2.75) is 25.3 Å². The van der Waals surface area contributed by atoms with Gasteiger partial charge in [-0.2, -0.15) is 5.01 Å². The molecule has 3 N–H and O–H groups in total. The molecule has 0 unspecified atom stereocenters. The molecule has 8 heteroatoms. The number of allylic oxidation sites excluding steroid dienone is 4. The first-order chi connectivity index (χ1) is 12.8. The number of imide groups is 1. The van der Waals surface area contributed by atoms with Gasteiger partial charge in [-0.1, -0.05) is 46.1 Å². The molecule has 1 aromatic carbocycles. The molecular weight excluding hydrogens is 412 g/mol. The summed E-state index contributed by atoms with van der Waals surface area (Å²) in [5.41, 5.74) is 3.40. The van der Waals surface area contributed by atoms with E-state index in [0.717, 1.165) is 15.6 Å². The van der Waals surface area contributed by atoms with E-state index in [1.165, 1.54) is 6.08 Å².